The number of ether oxygens (including phenoxy) is 1. The van der Waals surface area contributed by atoms with Crippen LogP contribution < -0.4 is 5.32 Å². The minimum atomic E-state index is -0.565. The van der Waals surface area contributed by atoms with Gasteiger partial charge in [-0.2, -0.15) is 0 Å². The zero-order chi connectivity index (χ0) is 18.7. The summed E-state index contributed by atoms with van der Waals surface area (Å²) in [6.07, 6.45) is 1.22. The summed E-state index contributed by atoms with van der Waals surface area (Å²) in [7, 11) is 0. The quantitative estimate of drug-likeness (QED) is 0.764. The maximum absolute atomic E-state index is 12.4. The predicted molar refractivity (Wildman–Crippen MR) is 101 cm³/mol. The molecular formula is C21H22N2O3. The molecule has 3 rings (SSSR count). The number of nitrogens with one attached hydrogen (secondary N) is 1. The number of fused-ring (bicyclic) bond motifs is 1. The van der Waals surface area contributed by atoms with E-state index in [-0.39, 0.29) is 5.91 Å². The molecule has 0 bridgehead atoms. The van der Waals surface area contributed by atoms with Crippen molar-refractivity contribution in [3.05, 3.63) is 71.9 Å². The molecule has 1 heterocycles. The van der Waals surface area contributed by atoms with Crippen molar-refractivity contribution in [3.63, 3.8) is 0 Å². The second kappa shape index (κ2) is 7.04. The van der Waals surface area contributed by atoms with Crippen LogP contribution >= 0.6 is 0 Å². The van der Waals surface area contributed by atoms with E-state index in [1.165, 1.54) is 4.57 Å². The fraction of sp³-hybridized carbons (Fsp3) is 0.238. The third-order valence-corrected chi connectivity index (χ3v) is 3.84. The third kappa shape index (κ3) is 4.11. The van der Waals surface area contributed by atoms with Gasteiger partial charge in [-0.25, -0.2) is 4.79 Å². The minimum absolute atomic E-state index is 0.152. The van der Waals surface area contributed by atoms with Gasteiger partial charge in [-0.3, -0.25) is 9.36 Å². The van der Waals surface area contributed by atoms with Gasteiger partial charge in [0.15, 0.2) is 0 Å². The Kier molecular flexibility index (Phi) is 4.80. The normalized spacial score (nSPS) is 11.3. The average molecular weight is 350 g/mol. The minimum Gasteiger partial charge on any atom is -0.443 e. The molecule has 0 atom stereocenters. The highest BCUT2D eigenvalue weighted by Crippen LogP contribution is 2.20. The van der Waals surface area contributed by atoms with Crippen LogP contribution in [0.25, 0.3) is 10.9 Å². The molecule has 0 spiro atoms. The first-order valence-electron chi connectivity index (χ1n) is 8.50. The topological polar surface area (TPSA) is 60.3 Å². The van der Waals surface area contributed by atoms with Crippen molar-refractivity contribution in [1.29, 1.82) is 0 Å². The van der Waals surface area contributed by atoms with E-state index in [4.69, 9.17) is 4.74 Å². The number of carbonyl (C=O) groups is 2. The van der Waals surface area contributed by atoms with Gasteiger partial charge >= 0.3 is 6.09 Å². The number of aromatic nitrogens is 1. The molecule has 26 heavy (non-hydrogen) atoms. The molecule has 1 amide bonds. The van der Waals surface area contributed by atoms with Crippen LogP contribution in [0.3, 0.4) is 0 Å². The summed E-state index contributed by atoms with van der Waals surface area (Å²) < 4.78 is 6.85. The fourth-order valence-corrected chi connectivity index (χ4v) is 2.63. The van der Waals surface area contributed by atoms with Crippen LogP contribution in [0, 0.1) is 0 Å². The molecule has 2 aromatic carbocycles. The highest BCUT2D eigenvalue weighted by atomic mass is 16.6. The van der Waals surface area contributed by atoms with Crippen molar-refractivity contribution in [2.24, 2.45) is 0 Å². The van der Waals surface area contributed by atoms with Gasteiger partial charge in [-0.05, 0) is 50.6 Å². The summed E-state index contributed by atoms with van der Waals surface area (Å²) in [5, 5.41) is 3.71. The van der Waals surface area contributed by atoms with Gasteiger partial charge in [-0.1, -0.05) is 30.3 Å². The van der Waals surface area contributed by atoms with Crippen LogP contribution in [0.4, 0.5) is 4.79 Å². The van der Waals surface area contributed by atoms with E-state index in [0.29, 0.717) is 17.6 Å². The van der Waals surface area contributed by atoms with Crippen molar-refractivity contribution in [2.75, 3.05) is 0 Å². The van der Waals surface area contributed by atoms with Gasteiger partial charge < -0.3 is 10.1 Å². The van der Waals surface area contributed by atoms with Gasteiger partial charge in [0.2, 0.25) is 0 Å². The highest BCUT2D eigenvalue weighted by Gasteiger charge is 2.19. The molecule has 0 aliphatic carbocycles. The van der Waals surface area contributed by atoms with Gasteiger partial charge in [0.1, 0.15) is 5.60 Å². The summed E-state index contributed by atoms with van der Waals surface area (Å²) in [5.74, 6) is -0.152. The summed E-state index contributed by atoms with van der Waals surface area (Å²) in [4.78, 5) is 24.7. The summed E-state index contributed by atoms with van der Waals surface area (Å²) >= 11 is 0. The zero-order valence-electron chi connectivity index (χ0n) is 15.2. The number of carbonyl (C=O) groups excluding carboxylic acids is 2. The molecule has 0 fully saturated rings. The van der Waals surface area contributed by atoms with E-state index in [1.807, 2.05) is 51.1 Å². The van der Waals surface area contributed by atoms with Gasteiger partial charge in [0.05, 0.1) is 5.52 Å². The van der Waals surface area contributed by atoms with Gasteiger partial charge in [0, 0.05) is 23.7 Å². The lowest BCUT2D eigenvalue weighted by Crippen LogP contribution is -2.26. The Bertz CT molecular complexity index is 937. The Morgan fingerprint density at radius 2 is 1.77 bits per heavy atom. The van der Waals surface area contributed by atoms with E-state index in [1.54, 1.807) is 30.5 Å². The summed E-state index contributed by atoms with van der Waals surface area (Å²) in [6, 6.07) is 16.8. The average Bonchev–Trinajstić information content (AvgIpc) is 3.02. The van der Waals surface area contributed by atoms with E-state index < -0.39 is 11.7 Å². The molecule has 1 N–H and O–H groups in total. The maximum Gasteiger partial charge on any atom is 0.418 e. The van der Waals surface area contributed by atoms with Gasteiger partial charge in [-0.15, -0.1) is 0 Å². The largest absolute Gasteiger partial charge is 0.443 e. The third-order valence-electron chi connectivity index (χ3n) is 3.84. The molecule has 0 saturated carbocycles. The second-order valence-corrected chi connectivity index (χ2v) is 7.11. The fourth-order valence-electron chi connectivity index (χ4n) is 2.63. The first-order valence-corrected chi connectivity index (χ1v) is 8.50. The first kappa shape index (κ1) is 17.7. The Morgan fingerprint density at radius 1 is 1.04 bits per heavy atom. The molecule has 0 aliphatic heterocycles. The number of amides is 1. The lowest BCUT2D eigenvalue weighted by atomic mass is 10.1. The van der Waals surface area contributed by atoms with Crippen LogP contribution in [0.15, 0.2) is 60.8 Å². The first-order chi connectivity index (χ1) is 12.3. The Hall–Kier alpha value is -3.08. The number of rotatable bonds is 3. The number of hydrogen-bond acceptors (Lipinski definition) is 3. The van der Waals surface area contributed by atoms with E-state index in [2.05, 4.69) is 5.32 Å². The molecule has 0 radical (unpaired) electrons. The molecule has 1 aromatic heterocycles. The SMILES string of the molecule is CC(C)(C)OC(=O)n1ccc2cc(C(=O)NCc3ccccc3)ccc21. The Morgan fingerprint density at radius 3 is 2.46 bits per heavy atom. The van der Waals surface area contributed by atoms with Crippen LogP contribution in [-0.2, 0) is 11.3 Å². The van der Waals surface area contributed by atoms with Crippen molar-refractivity contribution in [1.82, 2.24) is 9.88 Å². The lowest BCUT2D eigenvalue weighted by molar-refractivity contribution is 0.0544. The monoisotopic (exact) mass is 350 g/mol. The Labute approximate surface area is 152 Å². The Balaban J connectivity index is 1.75. The van der Waals surface area contributed by atoms with E-state index in [9.17, 15) is 9.59 Å². The molecule has 0 unspecified atom stereocenters. The van der Waals surface area contributed by atoms with Crippen molar-refractivity contribution in [2.45, 2.75) is 32.9 Å². The van der Waals surface area contributed by atoms with Crippen molar-refractivity contribution < 1.29 is 14.3 Å². The standard InChI is InChI=1S/C21H22N2O3/c1-21(2,3)26-20(25)23-12-11-16-13-17(9-10-18(16)23)19(24)22-14-15-7-5-4-6-8-15/h4-13H,14H2,1-3H3,(H,22,24). The summed E-state index contributed by atoms with van der Waals surface area (Å²) in [6.45, 7) is 5.94. The van der Waals surface area contributed by atoms with Gasteiger partial charge in [0.25, 0.3) is 5.91 Å². The van der Waals surface area contributed by atoms with E-state index in [0.717, 1.165) is 10.9 Å². The summed E-state index contributed by atoms with van der Waals surface area (Å²) in [5.41, 5.74) is 1.73. The number of benzene rings is 2. The van der Waals surface area contributed by atoms with Crippen molar-refractivity contribution in [3.8, 4) is 0 Å². The molecule has 0 saturated heterocycles. The molecular weight excluding hydrogens is 328 g/mol. The molecule has 134 valence electrons. The van der Waals surface area contributed by atoms with E-state index >= 15 is 0 Å². The number of hydrogen-bond donors (Lipinski definition) is 1. The smallest absolute Gasteiger partial charge is 0.418 e. The second-order valence-electron chi connectivity index (χ2n) is 7.11. The van der Waals surface area contributed by atoms with Crippen LogP contribution in [0.5, 0.6) is 0 Å². The zero-order valence-corrected chi connectivity index (χ0v) is 15.2. The van der Waals surface area contributed by atoms with Crippen LogP contribution in [-0.4, -0.2) is 22.2 Å². The van der Waals surface area contributed by atoms with Crippen LogP contribution in [0.1, 0.15) is 36.7 Å². The molecule has 5 heteroatoms. The van der Waals surface area contributed by atoms with Crippen LogP contribution in [0.2, 0.25) is 0 Å². The molecule has 0 aliphatic rings. The number of nitrogens with zero attached hydrogens (tertiary/aromatic N) is 1. The molecule has 3 aromatic rings. The highest BCUT2D eigenvalue weighted by molar-refractivity contribution is 5.99. The lowest BCUT2D eigenvalue weighted by Gasteiger charge is -2.19. The van der Waals surface area contributed by atoms with Crippen molar-refractivity contribution >= 4 is 22.9 Å². The molecule has 5 nitrogen and oxygen atoms in total. The predicted octanol–water partition coefficient (Wildman–Crippen LogP) is 4.35. The maximum atomic E-state index is 12.4.